The van der Waals surface area contributed by atoms with Gasteiger partial charge in [0.25, 0.3) is 0 Å². The summed E-state index contributed by atoms with van der Waals surface area (Å²) in [5, 5.41) is 10.4. The van der Waals surface area contributed by atoms with E-state index in [0.29, 0.717) is 23.4 Å². The van der Waals surface area contributed by atoms with E-state index >= 15 is 0 Å². The fraction of sp³-hybridized carbons (Fsp3) is 0.200. The third kappa shape index (κ3) is 5.32. The number of unbranched alkanes of at least 4 members (excludes halogenated alkanes) is 1. The number of halogens is 1. The molecular formula is C30H28FN5O. The second-order valence-corrected chi connectivity index (χ2v) is 8.82. The minimum atomic E-state index is -0.334. The van der Waals surface area contributed by atoms with Crippen molar-refractivity contribution in [3.8, 4) is 33.6 Å². The smallest absolute Gasteiger partial charge is 0.160 e. The SMILES string of the molecule is CCCCN(CCO)c1cccc(-c2cncc(-c3cc(-c4ccccc4F)nc4ncccc34)c2)n1. The number of benzene rings is 1. The van der Waals surface area contributed by atoms with Crippen molar-refractivity contribution in [1.29, 1.82) is 0 Å². The molecule has 0 saturated heterocycles. The Labute approximate surface area is 215 Å². The molecule has 186 valence electrons. The lowest BCUT2D eigenvalue weighted by Gasteiger charge is -2.23. The van der Waals surface area contributed by atoms with E-state index in [0.717, 1.165) is 53.0 Å². The zero-order valence-electron chi connectivity index (χ0n) is 20.7. The van der Waals surface area contributed by atoms with Gasteiger partial charge in [0.1, 0.15) is 11.6 Å². The Morgan fingerprint density at radius 1 is 0.838 bits per heavy atom. The summed E-state index contributed by atoms with van der Waals surface area (Å²) in [6.07, 6.45) is 7.36. The summed E-state index contributed by atoms with van der Waals surface area (Å²) in [6, 6.07) is 20.3. The van der Waals surface area contributed by atoms with Crippen molar-refractivity contribution in [2.75, 3.05) is 24.6 Å². The van der Waals surface area contributed by atoms with Crippen molar-refractivity contribution in [2.24, 2.45) is 0 Å². The molecule has 5 aromatic rings. The number of aliphatic hydroxyl groups is 1. The third-order valence-electron chi connectivity index (χ3n) is 6.29. The molecule has 37 heavy (non-hydrogen) atoms. The molecule has 6 nitrogen and oxygen atoms in total. The molecule has 0 aliphatic carbocycles. The maximum absolute atomic E-state index is 14.6. The predicted octanol–water partition coefficient (Wildman–Crippen LogP) is 6.16. The quantitative estimate of drug-likeness (QED) is 0.265. The van der Waals surface area contributed by atoms with Crippen molar-refractivity contribution in [2.45, 2.75) is 19.8 Å². The summed E-state index contributed by atoms with van der Waals surface area (Å²) < 4.78 is 14.6. The monoisotopic (exact) mass is 493 g/mol. The van der Waals surface area contributed by atoms with Crippen LogP contribution in [0.5, 0.6) is 0 Å². The van der Waals surface area contributed by atoms with Crippen LogP contribution in [-0.4, -0.2) is 44.7 Å². The molecule has 0 saturated carbocycles. The fourth-order valence-corrected chi connectivity index (χ4v) is 4.40. The van der Waals surface area contributed by atoms with Crippen LogP contribution in [0.1, 0.15) is 19.8 Å². The number of hydrogen-bond acceptors (Lipinski definition) is 6. The first-order valence-corrected chi connectivity index (χ1v) is 12.5. The van der Waals surface area contributed by atoms with Crippen LogP contribution < -0.4 is 4.90 Å². The standard InChI is InChI=1S/C30H28FN5O/c1-2-3-14-36(15-16-37)29-12-6-11-27(34-29)22-17-21(19-32-20-22)25-18-28(24-8-4-5-10-26(24)31)35-30-23(25)9-7-13-33-30/h4-13,17-20,37H,2-3,14-16H2,1H3. The number of fused-ring (bicyclic) bond motifs is 1. The van der Waals surface area contributed by atoms with Crippen LogP contribution >= 0.6 is 0 Å². The first-order valence-electron chi connectivity index (χ1n) is 12.5. The van der Waals surface area contributed by atoms with Gasteiger partial charge in [-0.05, 0) is 60.5 Å². The molecule has 0 radical (unpaired) electrons. The lowest BCUT2D eigenvalue weighted by Crippen LogP contribution is -2.28. The van der Waals surface area contributed by atoms with E-state index in [1.165, 1.54) is 6.07 Å². The third-order valence-corrected chi connectivity index (χ3v) is 6.29. The van der Waals surface area contributed by atoms with Crippen LogP contribution in [0.15, 0.2) is 85.3 Å². The van der Waals surface area contributed by atoms with Gasteiger partial charge in [0, 0.05) is 53.8 Å². The van der Waals surface area contributed by atoms with Gasteiger partial charge in [0.15, 0.2) is 5.65 Å². The molecule has 0 bridgehead atoms. The molecule has 0 amide bonds. The highest BCUT2D eigenvalue weighted by Gasteiger charge is 2.15. The van der Waals surface area contributed by atoms with E-state index in [4.69, 9.17) is 4.98 Å². The molecule has 0 unspecified atom stereocenters. The molecule has 7 heteroatoms. The van der Waals surface area contributed by atoms with Gasteiger partial charge >= 0.3 is 0 Å². The van der Waals surface area contributed by atoms with E-state index < -0.39 is 0 Å². The summed E-state index contributed by atoms with van der Waals surface area (Å²) in [6.45, 7) is 3.58. The highest BCUT2D eigenvalue weighted by molar-refractivity contribution is 5.95. The normalized spacial score (nSPS) is 11.1. The molecule has 0 aliphatic heterocycles. The molecule has 0 aliphatic rings. The van der Waals surface area contributed by atoms with Gasteiger partial charge in [-0.2, -0.15) is 0 Å². The zero-order chi connectivity index (χ0) is 25.6. The number of anilines is 1. The van der Waals surface area contributed by atoms with Gasteiger partial charge in [-0.25, -0.2) is 19.3 Å². The van der Waals surface area contributed by atoms with Crippen LogP contribution in [0.4, 0.5) is 10.2 Å². The van der Waals surface area contributed by atoms with E-state index in [1.54, 1.807) is 36.8 Å². The Balaban J connectivity index is 1.59. The predicted molar refractivity (Wildman–Crippen MR) is 146 cm³/mol. The largest absolute Gasteiger partial charge is 0.395 e. The summed E-state index contributed by atoms with van der Waals surface area (Å²) in [5.74, 6) is 0.491. The first kappa shape index (κ1) is 24.5. The van der Waals surface area contributed by atoms with Gasteiger partial charge < -0.3 is 10.0 Å². The molecule has 1 aromatic carbocycles. The minimum absolute atomic E-state index is 0.0696. The minimum Gasteiger partial charge on any atom is -0.395 e. The Bertz CT molecular complexity index is 1520. The van der Waals surface area contributed by atoms with E-state index in [1.807, 2.05) is 42.5 Å². The van der Waals surface area contributed by atoms with E-state index in [9.17, 15) is 9.50 Å². The van der Waals surface area contributed by atoms with Gasteiger partial charge in [0.2, 0.25) is 0 Å². The molecule has 0 atom stereocenters. The van der Waals surface area contributed by atoms with Crippen molar-refractivity contribution < 1.29 is 9.50 Å². The van der Waals surface area contributed by atoms with Crippen LogP contribution in [0.2, 0.25) is 0 Å². The molecule has 1 N–H and O–H groups in total. The highest BCUT2D eigenvalue weighted by Crippen LogP contribution is 2.33. The summed E-state index contributed by atoms with van der Waals surface area (Å²) in [7, 11) is 0. The average molecular weight is 494 g/mol. The van der Waals surface area contributed by atoms with Crippen LogP contribution in [0.25, 0.3) is 44.7 Å². The van der Waals surface area contributed by atoms with Gasteiger partial charge in [0.05, 0.1) is 18.0 Å². The summed E-state index contributed by atoms with van der Waals surface area (Å²) in [4.78, 5) is 20.6. The number of aliphatic hydroxyl groups excluding tert-OH is 1. The Kier molecular flexibility index (Phi) is 7.42. The number of pyridine rings is 4. The van der Waals surface area contributed by atoms with Crippen molar-refractivity contribution >= 4 is 16.9 Å². The van der Waals surface area contributed by atoms with Crippen molar-refractivity contribution in [3.63, 3.8) is 0 Å². The zero-order valence-corrected chi connectivity index (χ0v) is 20.7. The van der Waals surface area contributed by atoms with Crippen molar-refractivity contribution in [1.82, 2.24) is 19.9 Å². The van der Waals surface area contributed by atoms with E-state index in [-0.39, 0.29) is 12.4 Å². The number of nitrogens with zero attached hydrogens (tertiary/aromatic N) is 5. The number of hydrogen-bond donors (Lipinski definition) is 1. The molecule has 0 spiro atoms. The summed E-state index contributed by atoms with van der Waals surface area (Å²) >= 11 is 0. The van der Waals surface area contributed by atoms with Crippen molar-refractivity contribution in [3.05, 3.63) is 91.1 Å². The Hall–Kier alpha value is -4.23. The van der Waals surface area contributed by atoms with Gasteiger partial charge in [-0.1, -0.05) is 31.5 Å². The molecule has 4 heterocycles. The second-order valence-electron chi connectivity index (χ2n) is 8.82. The Morgan fingerprint density at radius 3 is 2.54 bits per heavy atom. The average Bonchev–Trinajstić information content (AvgIpc) is 2.95. The molecule has 5 rings (SSSR count). The van der Waals surface area contributed by atoms with Crippen LogP contribution in [-0.2, 0) is 0 Å². The van der Waals surface area contributed by atoms with Gasteiger partial charge in [-0.3, -0.25) is 4.98 Å². The Morgan fingerprint density at radius 2 is 1.70 bits per heavy atom. The fourth-order valence-electron chi connectivity index (χ4n) is 4.40. The lowest BCUT2D eigenvalue weighted by atomic mass is 9.99. The van der Waals surface area contributed by atoms with E-state index in [2.05, 4.69) is 26.8 Å². The first-order chi connectivity index (χ1) is 18.2. The number of aromatic nitrogens is 4. The van der Waals surface area contributed by atoms with Gasteiger partial charge in [-0.15, -0.1) is 0 Å². The molecular weight excluding hydrogens is 465 g/mol. The lowest BCUT2D eigenvalue weighted by molar-refractivity contribution is 0.301. The maximum Gasteiger partial charge on any atom is 0.160 e. The second kappa shape index (κ2) is 11.2. The highest BCUT2D eigenvalue weighted by atomic mass is 19.1. The topological polar surface area (TPSA) is 75.0 Å². The molecule has 0 fully saturated rings. The van der Waals surface area contributed by atoms with Crippen LogP contribution in [0, 0.1) is 5.82 Å². The van der Waals surface area contributed by atoms with Crippen LogP contribution in [0.3, 0.4) is 0 Å². The number of rotatable bonds is 9. The maximum atomic E-state index is 14.6. The summed E-state index contributed by atoms with van der Waals surface area (Å²) in [5.41, 5.74) is 4.86. The molecule has 4 aromatic heterocycles.